The number of H-pyrrole nitrogens is 1. The van der Waals surface area contributed by atoms with E-state index in [1.54, 1.807) is 0 Å². The zero-order valence-electron chi connectivity index (χ0n) is 10.0. The van der Waals surface area contributed by atoms with Crippen LogP contribution in [0.15, 0.2) is 18.3 Å². The van der Waals surface area contributed by atoms with Crippen molar-refractivity contribution in [3.8, 4) is 0 Å². The van der Waals surface area contributed by atoms with Gasteiger partial charge in [-0.3, -0.25) is 0 Å². The van der Waals surface area contributed by atoms with Crippen molar-refractivity contribution in [3.63, 3.8) is 0 Å². The fraction of sp³-hybridized carbons (Fsp3) is 0.429. The first-order chi connectivity index (χ1) is 8.25. The van der Waals surface area contributed by atoms with Crippen LogP contribution in [-0.4, -0.2) is 11.5 Å². The number of aromatic amines is 1. The third kappa shape index (κ3) is 1.96. The molecule has 1 fully saturated rings. The highest BCUT2D eigenvalue weighted by Crippen LogP contribution is 2.32. The normalized spacial score (nSPS) is 20.9. The number of piperidine rings is 1. The molecule has 2 nitrogen and oxygen atoms in total. The maximum Gasteiger partial charge on any atom is 0.0650 e. The van der Waals surface area contributed by atoms with E-state index in [1.165, 1.54) is 35.8 Å². The first-order valence-electron chi connectivity index (χ1n) is 6.26. The van der Waals surface area contributed by atoms with Gasteiger partial charge in [0, 0.05) is 17.6 Å². The molecule has 1 saturated heterocycles. The van der Waals surface area contributed by atoms with E-state index in [0.29, 0.717) is 6.04 Å². The molecular weight excluding hydrogens is 232 g/mol. The summed E-state index contributed by atoms with van der Waals surface area (Å²) in [5, 5.41) is 5.65. The largest absolute Gasteiger partial charge is 0.360 e. The van der Waals surface area contributed by atoms with Crippen molar-refractivity contribution in [2.45, 2.75) is 32.2 Å². The molecule has 1 aromatic heterocycles. The summed E-state index contributed by atoms with van der Waals surface area (Å²) in [6.07, 6.45) is 5.83. The summed E-state index contributed by atoms with van der Waals surface area (Å²) in [6.45, 7) is 3.24. The predicted octanol–water partition coefficient (Wildman–Crippen LogP) is 3.94. The number of hydrogen-bond acceptors (Lipinski definition) is 1. The van der Waals surface area contributed by atoms with Gasteiger partial charge in [0.25, 0.3) is 0 Å². The lowest BCUT2D eigenvalue weighted by molar-refractivity contribution is 0.412. The summed E-state index contributed by atoms with van der Waals surface area (Å²) in [5.74, 6) is 0. The van der Waals surface area contributed by atoms with Crippen LogP contribution in [0.4, 0.5) is 0 Å². The lowest BCUT2D eigenvalue weighted by Crippen LogP contribution is -2.26. The van der Waals surface area contributed by atoms with Gasteiger partial charge in [0.15, 0.2) is 0 Å². The van der Waals surface area contributed by atoms with Gasteiger partial charge in [-0.25, -0.2) is 0 Å². The van der Waals surface area contributed by atoms with E-state index in [4.69, 9.17) is 11.6 Å². The van der Waals surface area contributed by atoms with E-state index in [2.05, 4.69) is 29.4 Å². The van der Waals surface area contributed by atoms with Gasteiger partial charge in [0.05, 0.1) is 10.5 Å². The van der Waals surface area contributed by atoms with Crippen molar-refractivity contribution in [3.05, 3.63) is 34.5 Å². The number of aromatic nitrogens is 1. The number of fused-ring (bicyclic) bond motifs is 1. The number of benzene rings is 1. The summed E-state index contributed by atoms with van der Waals surface area (Å²) in [4.78, 5) is 3.23. The van der Waals surface area contributed by atoms with E-state index < -0.39 is 0 Å². The Labute approximate surface area is 106 Å². The Kier molecular flexibility index (Phi) is 2.85. The standard InChI is InChI=1S/C14H17ClN2/c1-9-8-17-14-11(9)6-10(7-12(14)15)13-4-2-3-5-16-13/h6-8,13,16-17H,2-5H2,1H3. The quantitative estimate of drug-likeness (QED) is 0.786. The smallest absolute Gasteiger partial charge is 0.0650 e. The van der Waals surface area contributed by atoms with Crippen LogP contribution in [0.3, 0.4) is 0 Å². The van der Waals surface area contributed by atoms with E-state index >= 15 is 0 Å². The molecule has 2 heterocycles. The molecule has 0 amide bonds. The van der Waals surface area contributed by atoms with Gasteiger partial charge in [-0.15, -0.1) is 0 Å². The molecule has 1 aromatic carbocycles. The van der Waals surface area contributed by atoms with Crippen molar-refractivity contribution in [2.75, 3.05) is 6.54 Å². The molecule has 0 saturated carbocycles. The van der Waals surface area contributed by atoms with Crippen LogP contribution in [0.1, 0.15) is 36.4 Å². The van der Waals surface area contributed by atoms with Crippen molar-refractivity contribution in [2.24, 2.45) is 0 Å². The second-order valence-electron chi connectivity index (χ2n) is 4.90. The highest BCUT2D eigenvalue weighted by molar-refractivity contribution is 6.35. The Balaban J connectivity index is 2.07. The van der Waals surface area contributed by atoms with Crippen molar-refractivity contribution in [1.82, 2.24) is 10.3 Å². The van der Waals surface area contributed by atoms with E-state index in [1.807, 2.05) is 6.20 Å². The average Bonchev–Trinajstić information content (AvgIpc) is 2.73. The summed E-state index contributed by atoms with van der Waals surface area (Å²) >= 11 is 6.34. The molecule has 1 atom stereocenters. The summed E-state index contributed by atoms with van der Waals surface area (Å²) in [6, 6.07) is 4.85. The molecular formula is C14H17ClN2. The van der Waals surface area contributed by atoms with Gasteiger partial charge >= 0.3 is 0 Å². The second kappa shape index (κ2) is 4.35. The predicted molar refractivity (Wildman–Crippen MR) is 72.6 cm³/mol. The third-order valence-corrected chi connectivity index (χ3v) is 3.98. The Morgan fingerprint density at radius 3 is 2.94 bits per heavy atom. The molecule has 1 aliphatic heterocycles. The SMILES string of the molecule is Cc1c[nH]c2c(Cl)cc(C3CCCCN3)cc12. The first-order valence-corrected chi connectivity index (χ1v) is 6.64. The van der Waals surface area contributed by atoms with Crippen LogP contribution < -0.4 is 5.32 Å². The number of rotatable bonds is 1. The highest BCUT2D eigenvalue weighted by Gasteiger charge is 2.16. The minimum Gasteiger partial charge on any atom is -0.360 e. The van der Waals surface area contributed by atoms with Crippen LogP contribution in [0.2, 0.25) is 5.02 Å². The fourth-order valence-corrected chi connectivity index (χ4v) is 2.96. The molecule has 0 spiro atoms. The maximum absolute atomic E-state index is 6.34. The van der Waals surface area contributed by atoms with Gasteiger partial charge in [-0.05, 0) is 49.6 Å². The van der Waals surface area contributed by atoms with Crippen LogP contribution in [0.25, 0.3) is 10.9 Å². The minimum atomic E-state index is 0.472. The lowest BCUT2D eigenvalue weighted by atomic mass is 9.96. The van der Waals surface area contributed by atoms with Gasteiger partial charge in [0.1, 0.15) is 0 Å². The van der Waals surface area contributed by atoms with Crippen LogP contribution in [-0.2, 0) is 0 Å². The van der Waals surface area contributed by atoms with Gasteiger partial charge in [-0.2, -0.15) is 0 Å². The number of nitrogens with one attached hydrogen (secondary N) is 2. The molecule has 0 radical (unpaired) electrons. The lowest BCUT2D eigenvalue weighted by Gasteiger charge is -2.24. The second-order valence-corrected chi connectivity index (χ2v) is 5.31. The van der Waals surface area contributed by atoms with Crippen LogP contribution in [0.5, 0.6) is 0 Å². The monoisotopic (exact) mass is 248 g/mol. The summed E-state index contributed by atoms with van der Waals surface area (Å²) in [7, 11) is 0. The summed E-state index contributed by atoms with van der Waals surface area (Å²) < 4.78 is 0. The first kappa shape index (κ1) is 11.1. The fourth-order valence-electron chi connectivity index (χ4n) is 2.68. The zero-order valence-corrected chi connectivity index (χ0v) is 10.8. The van der Waals surface area contributed by atoms with Gasteiger partial charge in [0.2, 0.25) is 0 Å². The number of halogens is 1. The van der Waals surface area contributed by atoms with Crippen molar-refractivity contribution < 1.29 is 0 Å². The van der Waals surface area contributed by atoms with E-state index in [9.17, 15) is 0 Å². The molecule has 2 aromatic rings. The Morgan fingerprint density at radius 2 is 2.18 bits per heavy atom. The van der Waals surface area contributed by atoms with E-state index in [0.717, 1.165) is 17.1 Å². The van der Waals surface area contributed by atoms with Crippen molar-refractivity contribution >= 4 is 22.5 Å². The highest BCUT2D eigenvalue weighted by atomic mass is 35.5. The van der Waals surface area contributed by atoms with Gasteiger partial charge in [-0.1, -0.05) is 18.0 Å². The summed E-state index contributed by atoms with van der Waals surface area (Å²) in [5.41, 5.74) is 3.65. The molecule has 17 heavy (non-hydrogen) atoms. The molecule has 1 aliphatic rings. The Morgan fingerprint density at radius 1 is 1.29 bits per heavy atom. The molecule has 90 valence electrons. The number of hydrogen-bond donors (Lipinski definition) is 2. The Bertz CT molecular complexity index is 538. The topological polar surface area (TPSA) is 27.8 Å². The van der Waals surface area contributed by atoms with E-state index in [-0.39, 0.29) is 0 Å². The molecule has 1 unspecified atom stereocenters. The van der Waals surface area contributed by atoms with Crippen LogP contribution >= 0.6 is 11.6 Å². The van der Waals surface area contributed by atoms with Crippen molar-refractivity contribution in [1.29, 1.82) is 0 Å². The Hall–Kier alpha value is -0.990. The number of aryl methyl sites for hydroxylation is 1. The average molecular weight is 249 g/mol. The molecule has 3 rings (SSSR count). The molecule has 2 N–H and O–H groups in total. The molecule has 0 bridgehead atoms. The zero-order chi connectivity index (χ0) is 11.8. The molecule has 0 aliphatic carbocycles. The van der Waals surface area contributed by atoms with Gasteiger partial charge < -0.3 is 10.3 Å². The third-order valence-electron chi connectivity index (χ3n) is 3.68. The van der Waals surface area contributed by atoms with Crippen LogP contribution in [0, 0.1) is 6.92 Å². The molecule has 3 heteroatoms. The minimum absolute atomic E-state index is 0.472. The maximum atomic E-state index is 6.34.